The minimum atomic E-state index is -0.451. The number of piperazine rings is 1. The molecular formula is C20H20ClFN2O3. The molecule has 0 aliphatic carbocycles. The third kappa shape index (κ3) is 4.22. The Morgan fingerprint density at radius 3 is 2.59 bits per heavy atom. The van der Waals surface area contributed by atoms with Crippen LogP contribution < -0.4 is 9.64 Å². The Kier molecular flexibility index (Phi) is 5.65. The van der Waals surface area contributed by atoms with E-state index in [0.717, 1.165) is 5.69 Å². The summed E-state index contributed by atoms with van der Waals surface area (Å²) in [6, 6.07) is 11.0. The summed E-state index contributed by atoms with van der Waals surface area (Å²) in [6.07, 6.45) is 0.0271. The Bertz CT molecular complexity index is 857. The van der Waals surface area contributed by atoms with Gasteiger partial charge in [0.15, 0.2) is 0 Å². The van der Waals surface area contributed by atoms with E-state index in [0.29, 0.717) is 17.9 Å². The van der Waals surface area contributed by atoms with E-state index in [2.05, 4.69) is 0 Å². The first-order chi connectivity index (χ1) is 12.9. The number of halogens is 2. The molecule has 27 heavy (non-hydrogen) atoms. The van der Waals surface area contributed by atoms with Gasteiger partial charge in [-0.3, -0.25) is 9.59 Å². The molecule has 3 rings (SSSR count). The largest absolute Gasteiger partial charge is 0.497 e. The Morgan fingerprint density at radius 1 is 1.26 bits per heavy atom. The lowest BCUT2D eigenvalue weighted by atomic mass is 10.1. The lowest BCUT2D eigenvalue weighted by molar-refractivity contribution is -0.138. The van der Waals surface area contributed by atoms with Crippen LogP contribution in [0.25, 0.3) is 0 Å². The van der Waals surface area contributed by atoms with Gasteiger partial charge in [-0.25, -0.2) is 4.39 Å². The number of nitrogens with zero attached hydrogens (tertiary/aromatic N) is 2. The molecule has 142 valence electrons. The van der Waals surface area contributed by atoms with Gasteiger partial charge in [-0.15, -0.1) is 0 Å². The van der Waals surface area contributed by atoms with Crippen LogP contribution in [-0.2, 0) is 16.0 Å². The van der Waals surface area contributed by atoms with Crippen molar-refractivity contribution < 1.29 is 18.7 Å². The highest BCUT2D eigenvalue weighted by atomic mass is 35.5. The van der Waals surface area contributed by atoms with Crippen LogP contribution in [0.1, 0.15) is 12.5 Å². The predicted octanol–water partition coefficient (Wildman–Crippen LogP) is 3.29. The molecule has 2 aromatic carbocycles. The van der Waals surface area contributed by atoms with Crippen molar-refractivity contribution in [3.63, 3.8) is 0 Å². The maximum Gasteiger partial charge on any atom is 0.246 e. The lowest BCUT2D eigenvalue weighted by Crippen LogP contribution is -2.57. The number of ether oxygens (including phenoxy) is 1. The summed E-state index contributed by atoms with van der Waals surface area (Å²) >= 11 is 6.01. The maximum absolute atomic E-state index is 13.2. The lowest BCUT2D eigenvalue weighted by Gasteiger charge is -2.39. The predicted molar refractivity (Wildman–Crippen MR) is 102 cm³/mol. The molecule has 0 aromatic heterocycles. The number of hydrogen-bond acceptors (Lipinski definition) is 3. The van der Waals surface area contributed by atoms with Crippen LogP contribution in [0.3, 0.4) is 0 Å². The quantitative estimate of drug-likeness (QED) is 0.804. The van der Waals surface area contributed by atoms with Gasteiger partial charge in [0.25, 0.3) is 0 Å². The Balaban J connectivity index is 1.70. The molecule has 1 saturated heterocycles. The third-order valence-corrected chi connectivity index (χ3v) is 5.00. The molecule has 1 aliphatic rings. The molecule has 0 saturated carbocycles. The second-order valence-electron chi connectivity index (χ2n) is 6.49. The number of hydrogen-bond donors (Lipinski definition) is 0. The zero-order valence-corrected chi connectivity index (χ0v) is 15.9. The zero-order valence-electron chi connectivity index (χ0n) is 15.1. The van der Waals surface area contributed by atoms with Crippen molar-refractivity contribution in [2.24, 2.45) is 0 Å². The fourth-order valence-corrected chi connectivity index (χ4v) is 3.36. The summed E-state index contributed by atoms with van der Waals surface area (Å²) in [4.78, 5) is 28.5. The van der Waals surface area contributed by atoms with Crippen LogP contribution in [0, 0.1) is 5.82 Å². The van der Waals surface area contributed by atoms with Gasteiger partial charge in [0.05, 0.1) is 13.5 Å². The number of methoxy groups -OCH3 is 1. The Hall–Kier alpha value is -2.60. The van der Waals surface area contributed by atoms with Gasteiger partial charge < -0.3 is 14.5 Å². The normalized spacial score (nSPS) is 17.2. The second-order valence-corrected chi connectivity index (χ2v) is 6.89. The molecule has 1 heterocycles. The van der Waals surface area contributed by atoms with E-state index < -0.39 is 5.82 Å². The highest BCUT2D eigenvalue weighted by molar-refractivity contribution is 6.31. The number of amides is 2. The number of anilines is 1. The smallest absolute Gasteiger partial charge is 0.246 e. The van der Waals surface area contributed by atoms with Crippen molar-refractivity contribution in [1.29, 1.82) is 0 Å². The van der Waals surface area contributed by atoms with Crippen molar-refractivity contribution in [2.45, 2.75) is 19.4 Å². The van der Waals surface area contributed by atoms with E-state index in [1.165, 1.54) is 18.2 Å². The van der Waals surface area contributed by atoms with E-state index in [1.807, 2.05) is 19.1 Å². The van der Waals surface area contributed by atoms with Gasteiger partial charge in [0.2, 0.25) is 11.8 Å². The van der Waals surface area contributed by atoms with Crippen molar-refractivity contribution in [2.75, 3.05) is 25.1 Å². The third-order valence-electron chi connectivity index (χ3n) is 4.65. The highest BCUT2D eigenvalue weighted by Crippen LogP contribution is 2.24. The maximum atomic E-state index is 13.2. The van der Waals surface area contributed by atoms with Crippen LogP contribution in [0.4, 0.5) is 10.1 Å². The van der Waals surface area contributed by atoms with E-state index in [1.54, 1.807) is 29.0 Å². The van der Waals surface area contributed by atoms with E-state index in [9.17, 15) is 14.0 Å². The first-order valence-electron chi connectivity index (χ1n) is 8.57. The molecule has 0 radical (unpaired) electrons. The van der Waals surface area contributed by atoms with Gasteiger partial charge in [-0.1, -0.05) is 17.7 Å². The summed E-state index contributed by atoms with van der Waals surface area (Å²) in [7, 11) is 1.58. The standard InChI is InChI=1S/C20H20ClFN2O3/c1-13-11-24(16-5-7-17(27-2)8-6-16)20(26)12-23(13)19(25)9-14-3-4-15(22)10-18(14)21/h3-8,10,13H,9,11-12H2,1-2H3. The van der Waals surface area contributed by atoms with Crippen molar-refractivity contribution in [3.8, 4) is 5.75 Å². The fourth-order valence-electron chi connectivity index (χ4n) is 3.13. The van der Waals surface area contributed by atoms with E-state index in [4.69, 9.17) is 16.3 Å². The van der Waals surface area contributed by atoms with E-state index in [-0.39, 0.29) is 35.8 Å². The first-order valence-corrected chi connectivity index (χ1v) is 8.94. The second kappa shape index (κ2) is 7.96. The molecule has 0 bridgehead atoms. The summed E-state index contributed by atoms with van der Waals surface area (Å²) in [5.74, 6) is -0.104. The van der Waals surface area contributed by atoms with Crippen LogP contribution in [-0.4, -0.2) is 43.0 Å². The van der Waals surface area contributed by atoms with Crippen LogP contribution in [0.5, 0.6) is 5.75 Å². The monoisotopic (exact) mass is 390 g/mol. The van der Waals surface area contributed by atoms with E-state index >= 15 is 0 Å². The molecule has 2 aromatic rings. The van der Waals surface area contributed by atoms with Crippen LogP contribution in [0.2, 0.25) is 5.02 Å². The topological polar surface area (TPSA) is 49.9 Å². The van der Waals surface area contributed by atoms with Gasteiger partial charge in [0, 0.05) is 23.3 Å². The highest BCUT2D eigenvalue weighted by Gasteiger charge is 2.33. The van der Waals surface area contributed by atoms with Gasteiger partial charge >= 0.3 is 0 Å². The van der Waals surface area contributed by atoms with Gasteiger partial charge in [0.1, 0.15) is 18.1 Å². The average molecular weight is 391 g/mol. The molecule has 2 amide bonds. The molecule has 7 heteroatoms. The summed E-state index contributed by atoms with van der Waals surface area (Å²) in [5.41, 5.74) is 1.31. The molecule has 1 aliphatic heterocycles. The molecule has 1 unspecified atom stereocenters. The van der Waals surface area contributed by atoms with Crippen LogP contribution >= 0.6 is 11.6 Å². The number of rotatable bonds is 4. The van der Waals surface area contributed by atoms with Crippen LogP contribution in [0.15, 0.2) is 42.5 Å². The van der Waals surface area contributed by atoms with Crippen molar-refractivity contribution >= 4 is 29.1 Å². The molecule has 1 atom stereocenters. The number of benzene rings is 2. The number of carbonyl (C=O) groups is 2. The average Bonchev–Trinajstić information content (AvgIpc) is 2.65. The van der Waals surface area contributed by atoms with Crippen molar-refractivity contribution in [1.82, 2.24) is 4.90 Å². The minimum Gasteiger partial charge on any atom is -0.497 e. The molecule has 1 fully saturated rings. The Morgan fingerprint density at radius 2 is 1.96 bits per heavy atom. The summed E-state index contributed by atoms with van der Waals surface area (Å²) in [5, 5.41) is 0.208. The van der Waals surface area contributed by atoms with Crippen molar-refractivity contribution in [3.05, 3.63) is 58.9 Å². The molecular weight excluding hydrogens is 371 g/mol. The zero-order chi connectivity index (χ0) is 19.6. The molecule has 0 spiro atoms. The first kappa shape index (κ1) is 19.2. The SMILES string of the molecule is COc1ccc(N2CC(C)N(C(=O)Cc3ccc(F)cc3Cl)CC2=O)cc1. The number of carbonyl (C=O) groups excluding carboxylic acids is 2. The van der Waals surface area contributed by atoms with Gasteiger partial charge in [-0.2, -0.15) is 0 Å². The summed E-state index contributed by atoms with van der Waals surface area (Å²) in [6.45, 7) is 2.28. The minimum absolute atomic E-state index is 0.00908. The molecule has 0 N–H and O–H groups in total. The van der Waals surface area contributed by atoms with Gasteiger partial charge in [-0.05, 0) is 48.9 Å². The fraction of sp³-hybridized carbons (Fsp3) is 0.300. The Labute approximate surface area is 162 Å². The summed E-state index contributed by atoms with van der Waals surface area (Å²) < 4.78 is 18.3. The molecule has 5 nitrogen and oxygen atoms in total.